The summed E-state index contributed by atoms with van der Waals surface area (Å²) in [5, 5.41) is 10.8. The molecule has 0 spiro atoms. The first-order valence-corrected chi connectivity index (χ1v) is 12.1. The van der Waals surface area contributed by atoms with E-state index in [4.69, 9.17) is 0 Å². The summed E-state index contributed by atoms with van der Waals surface area (Å²) in [6.45, 7) is 5.35. The number of rotatable bonds is 8. The third-order valence-electron chi connectivity index (χ3n) is 6.94. The van der Waals surface area contributed by atoms with Gasteiger partial charge in [-0.05, 0) is 60.3 Å². The zero-order valence-corrected chi connectivity index (χ0v) is 19.5. The number of benzene rings is 3. The SMILES string of the molecule is CCN1CCCC1CNC(c1cn[nH]c1)c1ccc(F)c(-c2ccc(-c3ccccc3)cc2)c1. The van der Waals surface area contributed by atoms with Crippen LogP contribution in [0.2, 0.25) is 0 Å². The molecule has 5 heteroatoms. The first-order chi connectivity index (χ1) is 16.7. The summed E-state index contributed by atoms with van der Waals surface area (Å²) in [4.78, 5) is 2.53. The standard InChI is InChI=1S/C29H31FN4/c1-2-34-16-6-9-26(34)20-31-29(25-18-32-33-19-25)24-14-15-28(30)27(17-24)23-12-10-22(11-13-23)21-7-4-3-5-8-21/h3-5,7-8,10-15,17-19,26,29,31H,2,6,9,16,20H2,1H3,(H,32,33). The summed E-state index contributed by atoms with van der Waals surface area (Å²) in [7, 11) is 0. The van der Waals surface area contributed by atoms with Crippen molar-refractivity contribution in [3.05, 3.63) is 102 Å². The van der Waals surface area contributed by atoms with Gasteiger partial charge in [0.2, 0.25) is 0 Å². The van der Waals surface area contributed by atoms with E-state index in [1.807, 2.05) is 54.9 Å². The van der Waals surface area contributed by atoms with E-state index in [9.17, 15) is 4.39 Å². The van der Waals surface area contributed by atoms with Gasteiger partial charge in [-0.2, -0.15) is 5.10 Å². The van der Waals surface area contributed by atoms with E-state index in [1.165, 1.54) is 19.4 Å². The van der Waals surface area contributed by atoms with Crippen molar-refractivity contribution in [2.24, 2.45) is 0 Å². The summed E-state index contributed by atoms with van der Waals surface area (Å²) >= 11 is 0. The van der Waals surface area contributed by atoms with Crippen LogP contribution in [0.15, 0.2) is 85.2 Å². The van der Waals surface area contributed by atoms with Crippen molar-refractivity contribution in [1.29, 1.82) is 0 Å². The topological polar surface area (TPSA) is 44.0 Å². The minimum atomic E-state index is -0.213. The molecule has 2 unspecified atom stereocenters. The lowest BCUT2D eigenvalue weighted by Gasteiger charge is -2.26. The fraction of sp³-hybridized carbons (Fsp3) is 0.276. The van der Waals surface area contributed by atoms with Crippen LogP contribution in [0, 0.1) is 5.82 Å². The second-order valence-electron chi connectivity index (χ2n) is 8.98. The molecule has 34 heavy (non-hydrogen) atoms. The normalized spacial score (nSPS) is 17.2. The second-order valence-corrected chi connectivity index (χ2v) is 8.98. The molecule has 0 radical (unpaired) electrons. The van der Waals surface area contributed by atoms with Gasteiger partial charge in [-0.1, -0.05) is 67.6 Å². The van der Waals surface area contributed by atoms with Crippen molar-refractivity contribution >= 4 is 0 Å². The molecule has 1 aromatic heterocycles. The van der Waals surface area contributed by atoms with Gasteiger partial charge in [0.15, 0.2) is 0 Å². The van der Waals surface area contributed by atoms with Gasteiger partial charge in [0, 0.05) is 29.9 Å². The Balaban J connectivity index is 1.42. The van der Waals surface area contributed by atoms with Crippen LogP contribution in [0.3, 0.4) is 0 Å². The third kappa shape index (κ3) is 4.81. The van der Waals surface area contributed by atoms with Crippen LogP contribution in [0.1, 0.15) is 36.9 Å². The molecule has 2 atom stereocenters. The number of aromatic amines is 1. The average Bonchev–Trinajstić information content (AvgIpc) is 3.58. The fourth-order valence-corrected chi connectivity index (χ4v) is 5.06. The molecule has 4 nitrogen and oxygen atoms in total. The van der Waals surface area contributed by atoms with Crippen molar-refractivity contribution < 1.29 is 4.39 Å². The molecule has 1 saturated heterocycles. The van der Waals surface area contributed by atoms with Crippen LogP contribution in [0.4, 0.5) is 4.39 Å². The summed E-state index contributed by atoms with van der Waals surface area (Å²) in [5.41, 5.74) is 5.85. The van der Waals surface area contributed by atoms with E-state index in [0.717, 1.165) is 40.9 Å². The van der Waals surface area contributed by atoms with Gasteiger partial charge in [0.1, 0.15) is 5.82 Å². The molecule has 0 bridgehead atoms. The lowest BCUT2D eigenvalue weighted by atomic mass is 9.95. The molecule has 174 valence electrons. The Morgan fingerprint density at radius 1 is 1.00 bits per heavy atom. The summed E-state index contributed by atoms with van der Waals surface area (Å²) in [5.74, 6) is -0.213. The van der Waals surface area contributed by atoms with Crippen LogP contribution in [-0.2, 0) is 0 Å². The van der Waals surface area contributed by atoms with Crippen molar-refractivity contribution in [2.75, 3.05) is 19.6 Å². The molecule has 1 aliphatic rings. The van der Waals surface area contributed by atoms with Gasteiger partial charge in [-0.25, -0.2) is 4.39 Å². The second kappa shape index (κ2) is 10.3. The lowest BCUT2D eigenvalue weighted by Crippen LogP contribution is -2.39. The number of nitrogens with zero attached hydrogens (tertiary/aromatic N) is 2. The molecule has 5 rings (SSSR count). The number of halogens is 1. The Morgan fingerprint density at radius 3 is 2.50 bits per heavy atom. The fourth-order valence-electron chi connectivity index (χ4n) is 5.06. The minimum absolute atomic E-state index is 0.0546. The van der Waals surface area contributed by atoms with E-state index >= 15 is 0 Å². The quantitative estimate of drug-likeness (QED) is 0.341. The Hall–Kier alpha value is -3.28. The first kappa shape index (κ1) is 22.5. The smallest absolute Gasteiger partial charge is 0.131 e. The maximum absolute atomic E-state index is 15.0. The number of hydrogen-bond acceptors (Lipinski definition) is 3. The highest BCUT2D eigenvalue weighted by molar-refractivity contribution is 5.71. The Morgan fingerprint density at radius 2 is 1.76 bits per heavy atom. The van der Waals surface area contributed by atoms with Gasteiger partial charge in [0.25, 0.3) is 0 Å². The highest BCUT2D eigenvalue weighted by Gasteiger charge is 2.25. The molecule has 1 aliphatic heterocycles. The molecular formula is C29H31FN4. The Labute approximate surface area is 200 Å². The first-order valence-electron chi connectivity index (χ1n) is 12.1. The van der Waals surface area contributed by atoms with Gasteiger partial charge >= 0.3 is 0 Å². The van der Waals surface area contributed by atoms with Crippen molar-refractivity contribution in [2.45, 2.75) is 31.8 Å². The molecule has 0 amide bonds. The number of likely N-dealkylation sites (tertiary alicyclic amines) is 1. The van der Waals surface area contributed by atoms with E-state index in [0.29, 0.717) is 11.6 Å². The molecule has 0 saturated carbocycles. The average molecular weight is 455 g/mol. The number of nitrogens with one attached hydrogen (secondary N) is 2. The van der Waals surface area contributed by atoms with Crippen molar-refractivity contribution in [3.63, 3.8) is 0 Å². The van der Waals surface area contributed by atoms with Crippen LogP contribution < -0.4 is 5.32 Å². The Bertz CT molecular complexity index is 1190. The summed E-state index contributed by atoms with van der Waals surface area (Å²) in [6.07, 6.45) is 6.22. The van der Waals surface area contributed by atoms with E-state index in [-0.39, 0.29) is 11.9 Å². The van der Waals surface area contributed by atoms with E-state index < -0.39 is 0 Å². The maximum Gasteiger partial charge on any atom is 0.131 e. The molecule has 4 aromatic rings. The summed E-state index contributed by atoms with van der Waals surface area (Å²) in [6, 6.07) is 24.3. The maximum atomic E-state index is 15.0. The van der Waals surface area contributed by atoms with Gasteiger partial charge in [0.05, 0.1) is 12.2 Å². The molecular weight excluding hydrogens is 423 g/mol. The predicted molar refractivity (Wildman–Crippen MR) is 136 cm³/mol. The molecule has 3 aromatic carbocycles. The Kier molecular flexibility index (Phi) is 6.84. The number of likely N-dealkylation sites (N-methyl/N-ethyl adjacent to an activating group) is 1. The van der Waals surface area contributed by atoms with Crippen molar-refractivity contribution in [3.8, 4) is 22.3 Å². The molecule has 2 heterocycles. The third-order valence-corrected chi connectivity index (χ3v) is 6.94. The predicted octanol–water partition coefficient (Wildman–Crippen LogP) is 6.05. The van der Waals surface area contributed by atoms with Gasteiger partial charge in [-0.15, -0.1) is 0 Å². The lowest BCUT2D eigenvalue weighted by molar-refractivity contribution is 0.256. The highest BCUT2D eigenvalue weighted by Crippen LogP contribution is 2.31. The molecule has 0 aliphatic carbocycles. The van der Waals surface area contributed by atoms with Gasteiger partial charge in [-0.3, -0.25) is 10.00 Å². The van der Waals surface area contributed by atoms with Crippen molar-refractivity contribution in [1.82, 2.24) is 20.4 Å². The largest absolute Gasteiger partial charge is 0.305 e. The number of aromatic nitrogens is 2. The zero-order valence-electron chi connectivity index (χ0n) is 19.5. The molecule has 2 N–H and O–H groups in total. The van der Waals surface area contributed by atoms with Gasteiger partial charge < -0.3 is 5.32 Å². The summed E-state index contributed by atoms with van der Waals surface area (Å²) < 4.78 is 15.0. The molecule has 1 fully saturated rings. The van der Waals surface area contributed by atoms with Crippen LogP contribution in [-0.4, -0.2) is 40.8 Å². The monoisotopic (exact) mass is 454 g/mol. The van der Waals surface area contributed by atoms with Crippen LogP contribution >= 0.6 is 0 Å². The number of hydrogen-bond donors (Lipinski definition) is 2. The van der Waals surface area contributed by atoms with Crippen LogP contribution in [0.5, 0.6) is 0 Å². The van der Waals surface area contributed by atoms with E-state index in [1.54, 1.807) is 6.07 Å². The minimum Gasteiger partial charge on any atom is -0.305 e. The van der Waals surface area contributed by atoms with Crippen LogP contribution in [0.25, 0.3) is 22.3 Å². The highest BCUT2D eigenvalue weighted by atomic mass is 19.1. The zero-order chi connectivity index (χ0) is 23.3. The van der Waals surface area contributed by atoms with E-state index in [2.05, 4.69) is 51.6 Å². The number of H-pyrrole nitrogens is 1.